The largest absolute Gasteiger partial charge is 0.0882 e. The maximum atomic E-state index is 2.29. The van der Waals surface area contributed by atoms with E-state index >= 15 is 0 Å². The molecule has 0 heterocycles. The summed E-state index contributed by atoms with van der Waals surface area (Å²) in [5.74, 6) is 0. The third-order valence-electron chi connectivity index (χ3n) is 2.23. The van der Waals surface area contributed by atoms with Crippen molar-refractivity contribution >= 4 is 0 Å². The molecule has 14 heavy (non-hydrogen) atoms. The zero-order valence-corrected chi connectivity index (χ0v) is 8.86. The van der Waals surface area contributed by atoms with Gasteiger partial charge in [0.2, 0.25) is 0 Å². The minimum Gasteiger partial charge on any atom is -0.0882 e. The maximum absolute atomic E-state index is 2.29. The highest BCUT2D eigenvalue weighted by molar-refractivity contribution is 5.03. The average Bonchev–Trinajstić information content (AvgIpc) is 2.22. The van der Waals surface area contributed by atoms with Crippen LogP contribution in [-0.2, 0) is 0 Å². The van der Waals surface area contributed by atoms with Crippen LogP contribution >= 0.6 is 0 Å². The predicted molar refractivity (Wildman–Crippen MR) is 64.3 cm³/mol. The monoisotopic (exact) mass is 188 g/mol. The molecule has 0 amide bonds. The van der Waals surface area contributed by atoms with E-state index in [1.54, 1.807) is 0 Å². The van der Waals surface area contributed by atoms with E-state index in [9.17, 15) is 0 Å². The van der Waals surface area contributed by atoms with Crippen molar-refractivity contribution in [1.29, 1.82) is 0 Å². The van der Waals surface area contributed by atoms with Crippen LogP contribution < -0.4 is 0 Å². The molecule has 1 aliphatic carbocycles. The van der Waals surface area contributed by atoms with Gasteiger partial charge >= 0.3 is 0 Å². The van der Waals surface area contributed by atoms with Gasteiger partial charge in [-0.15, -0.1) is 0 Å². The lowest BCUT2D eigenvalue weighted by molar-refractivity contribution is 0.865. The molecule has 0 N–H and O–H groups in total. The van der Waals surface area contributed by atoms with Gasteiger partial charge in [0, 0.05) is 0 Å². The molecule has 0 spiro atoms. The van der Waals surface area contributed by atoms with Crippen LogP contribution in [0.5, 0.6) is 0 Å². The highest BCUT2D eigenvalue weighted by Crippen LogP contribution is 2.01. The number of allylic oxidation sites excluding steroid dienone is 8. The molecule has 0 saturated carbocycles. The van der Waals surface area contributed by atoms with E-state index in [0.29, 0.717) is 0 Å². The summed E-state index contributed by atoms with van der Waals surface area (Å²) in [5.41, 5.74) is 0. The normalized spacial score (nSPS) is 21.7. The molecule has 0 saturated heterocycles. The summed E-state index contributed by atoms with van der Waals surface area (Å²) in [6.45, 7) is 0. The van der Waals surface area contributed by atoms with E-state index in [1.165, 1.54) is 19.3 Å². The standard InChI is InChI=1S/C14H20/c1-2-4-6-8-10-12-14-13-11-9-7-5-3-1/h1-4,9,11-12,14H,5-8,10,13H2/b3-1?,4-2+,11-9?,14-12?. The van der Waals surface area contributed by atoms with Crippen molar-refractivity contribution in [2.24, 2.45) is 0 Å². The molecule has 0 aromatic carbocycles. The summed E-state index contributed by atoms with van der Waals surface area (Å²) < 4.78 is 0. The summed E-state index contributed by atoms with van der Waals surface area (Å²) in [6.07, 6.45) is 25.0. The molecule has 1 rings (SSSR count). The topological polar surface area (TPSA) is 0 Å². The zero-order chi connectivity index (χ0) is 9.90. The second-order valence-corrected chi connectivity index (χ2v) is 3.54. The highest BCUT2D eigenvalue weighted by atomic mass is 13.9. The van der Waals surface area contributed by atoms with Crippen molar-refractivity contribution < 1.29 is 0 Å². The van der Waals surface area contributed by atoms with Crippen molar-refractivity contribution in [2.75, 3.05) is 0 Å². The summed E-state index contributed by atoms with van der Waals surface area (Å²) in [5, 5.41) is 0. The fraction of sp³-hybridized carbons (Fsp3) is 0.429. The van der Waals surface area contributed by atoms with Crippen LogP contribution in [0.25, 0.3) is 0 Å². The van der Waals surface area contributed by atoms with E-state index in [-0.39, 0.29) is 0 Å². The molecule has 0 fully saturated rings. The Morgan fingerprint density at radius 2 is 1.07 bits per heavy atom. The summed E-state index contributed by atoms with van der Waals surface area (Å²) in [7, 11) is 0. The van der Waals surface area contributed by atoms with Crippen LogP contribution in [0.15, 0.2) is 48.6 Å². The molecule has 0 radical (unpaired) electrons. The second kappa shape index (κ2) is 8.55. The molecule has 0 unspecified atom stereocenters. The molecule has 1 aliphatic rings. The Hall–Kier alpha value is -1.04. The van der Waals surface area contributed by atoms with Gasteiger partial charge in [0.15, 0.2) is 0 Å². The first kappa shape index (κ1) is 11.0. The van der Waals surface area contributed by atoms with Crippen LogP contribution in [0.1, 0.15) is 38.5 Å². The third-order valence-corrected chi connectivity index (χ3v) is 2.23. The fourth-order valence-electron chi connectivity index (χ4n) is 1.40. The van der Waals surface area contributed by atoms with Crippen LogP contribution in [0.4, 0.5) is 0 Å². The van der Waals surface area contributed by atoms with Crippen LogP contribution in [0.2, 0.25) is 0 Å². The van der Waals surface area contributed by atoms with E-state index in [0.717, 1.165) is 19.3 Å². The van der Waals surface area contributed by atoms with Gasteiger partial charge in [0.1, 0.15) is 0 Å². The van der Waals surface area contributed by atoms with Gasteiger partial charge in [-0.25, -0.2) is 0 Å². The first-order valence-electron chi connectivity index (χ1n) is 5.62. The number of hydrogen-bond acceptors (Lipinski definition) is 0. The quantitative estimate of drug-likeness (QED) is 0.489. The summed E-state index contributed by atoms with van der Waals surface area (Å²) >= 11 is 0. The Morgan fingerprint density at radius 3 is 1.93 bits per heavy atom. The first-order chi connectivity index (χ1) is 7.00. The SMILES string of the molecule is C1=CCCC=CCC=CCCC/C=C/1. The van der Waals surface area contributed by atoms with Gasteiger partial charge in [-0.05, 0) is 38.5 Å². The molecule has 0 aromatic heterocycles. The Labute approximate surface area is 87.7 Å². The van der Waals surface area contributed by atoms with Crippen molar-refractivity contribution in [1.82, 2.24) is 0 Å². The van der Waals surface area contributed by atoms with Crippen molar-refractivity contribution in [3.63, 3.8) is 0 Å². The van der Waals surface area contributed by atoms with Crippen LogP contribution in [0.3, 0.4) is 0 Å². The van der Waals surface area contributed by atoms with Gasteiger partial charge < -0.3 is 0 Å². The number of hydrogen-bond donors (Lipinski definition) is 0. The molecule has 0 atom stereocenters. The van der Waals surface area contributed by atoms with Gasteiger partial charge in [0.25, 0.3) is 0 Å². The lowest BCUT2D eigenvalue weighted by Crippen LogP contribution is -1.70. The van der Waals surface area contributed by atoms with E-state index in [1.807, 2.05) is 0 Å². The van der Waals surface area contributed by atoms with E-state index in [2.05, 4.69) is 48.6 Å². The summed E-state index contributed by atoms with van der Waals surface area (Å²) in [6, 6.07) is 0. The Morgan fingerprint density at radius 1 is 0.500 bits per heavy atom. The second-order valence-electron chi connectivity index (χ2n) is 3.54. The minimum absolute atomic E-state index is 1.10. The lowest BCUT2D eigenvalue weighted by Gasteiger charge is -1.91. The van der Waals surface area contributed by atoms with Crippen molar-refractivity contribution in [2.45, 2.75) is 38.5 Å². The fourth-order valence-corrected chi connectivity index (χ4v) is 1.40. The van der Waals surface area contributed by atoms with E-state index in [4.69, 9.17) is 0 Å². The first-order valence-corrected chi connectivity index (χ1v) is 5.62. The van der Waals surface area contributed by atoms with Gasteiger partial charge in [-0.1, -0.05) is 48.6 Å². The van der Waals surface area contributed by atoms with Crippen molar-refractivity contribution in [3.8, 4) is 0 Å². The predicted octanol–water partition coefficient (Wildman–Crippen LogP) is 4.57. The Kier molecular flexibility index (Phi) is 6.74. The molecule has 0 aliphatic heterocycles. The molecule has 0 bridgehead atoms. The molecule has 0 aromatic rings. The smallest absolute Gasteiger partial charge is 0.0169 e. The molecule has 0 heteroatoms. The van der Waals surface area contributed by atoms with Crippen molar-refractivity contribution in [3.05, 3.63) is 48.6 Å². The average molecular weight is 188 g/mol. The van der Waals surface area contributed by atoms with Crippen LogP contribution in [0, 0.1) is 0 Å². The van der Waals surface area contributed by atoms with Gasteiger partial charge in [0.05, 0.1) is 0 Å². The molecule has 76 valence electrons. The third kappa shape index (κ3) is 6.47. The van der Waals surface area contributed by atoms with E-state index < -0.39 is 0 Å². The molecular weight excluding hydrogens is 168 g/mol. The van der Waals surface area contributed by atoms with Crippen LogP contribution in [-0.4, -0.2) is 0 Å². The Bertz CT molecular complexity index is 228. The molecule has 0 nitrogen and oxygen atoms in total. The highest BCUT2D eigenvalue weighted by Gasteiger charge is 1.81. The Balaban J connectivity index is 2.34. The van der Waals surface area contributed by atoms with Gasteiger partial charge in [-0.2, -0.15) is 0 Å². The number of rotatable bonds is 0. The zero-order valence-electron chi connectivity index (χ0n) is 8.86. The maximum Gasteiger partial charge on any atom is -0.0169 e. The van der Waals surface area contributed by atoms with Gasteiger partial charge in [-0.3, -0.25) is 0 Å². The molecular formula is C14H20. The minimum atomic E-state index is 1.10. The lowest BCUT2D eigenvalue weighted by atomic mass is 10.2. The summed E-state index contributed by atoms with van der Waals surface area (Å²) in [4.78, 5) is 0.